The number of carbonyl (C=O) groups is 1. The third-order valence-corrected chi connectivity index (χ3v) is 3.16. The van der Waals surface area contributed by atoms with Crippen molar-refractivity contribution < 1.29 is 4.79 Å². The van der Waals surface area contributed by atoms with E-state index in [4.69, 9.17) is 5.73 Å². The van der Waals surface area contributed by atoms with Crippen LogP contribution in [0.4, 0.5) is 0 Å². The van der Waals surface area contributed by atoms with Crippen molar-refractivity contribution in [1.29, 1.82) is 0 Å². The Morgan fingerprint density at radius 2 is 2.27 bits per heavy atom. The SMILES string of the molecule is CC(C)CNC(=O)C1(N)CCCC(C)C1. The van der Waals surface area contributed by atoms with Crippen molar-refractivity contribution in [2.24, 2.45) is 17.6 Å². The molecule has 1 aliphatic carbocycles. The first-order valence-corrected chi connectivity index (χ1v) is 6.01. The molecule has 1 fully saturated rings. The minimum Gasteiger partial charge on any atom is -0.354 e. The van der Waals surface area contributed by atoms with Gasteiger partial charge in [-0.05, 0) is 24.7 Å². The van der Waals surface area contributed by atoms with Crippen LogP contribution in [0.25, 0.3) is 0 Å². The fraction of sp³-hybridized carbons (Fsp3) is 0.917. The van der Waals surface area contributed by atoms with E-state index in [2.05, 4.69) is 26.1 Å². The first kappa shape index (κ1) is 12.5. The van der Waals surface area contributed by atoms with Crippen LogP contribution < -0.4 is 11.1 Å². The minimum atomic E-state index is -0.605. The molecule has 0 saturated heterocycles. The Morgan fingerprint density at radius 1 is 1.60 bits per heavy atom. The zero-order chi connectivity index (χ0) is 11.5. The van der Waals surface area contributed by atoms with Gasteiger partial charge in [-0.25, -0.2) is 0 Å². The van der Waals surface area contributed by atoms with Crippen LogP contribution in [0.5, 0.6) is 0 Å². The molecule has 1 aliphatic rings. The summed E-state index contributed by atoms with van der Waals surface area (Å²) in [4.78, 5) is 11.9. The molecule has 0 radical (unpaired) electrons. The normalized spacial score (nSPS) is 31.7. The fourth-order valence-corrected chi connectivity index (χ4v) is 2.27. The van der Waals surface area contributed by atoms with Crippen LogP contribution in [-0.4, -0.2) is 18.0 Å². The van der Waals surface area contributed by atoms with Gasteiger partial charge in [0.1, 0.15) is 0 Å². The van der Waals surface area contributed by atoms with Crippen LogP contribution in [0.2, 0.25) is 0 Å². The molecule has 0 spiro atoms. The highest BCUT2D eigenvalue weighted by atomic mass is 16.2. The molecule has 0 aromatic heterocycles. The van der Waals surface area contributed by atoms with Crippen molar-refractivity contribution in [3.05, 3.63) is 0 Å². The second-order valence-electron chi connectivity index (χ2n) is 5.46. The predicted molar refractivity (Wildman–Crippen MR) is 62.4 cm³/mol. The third kappa shape index (κ3) is 3.49. The van der Waals surface area contributed by atoms with Gasteiger partial charge in [-0.2, -0.15) is 0 Å². The Kier molecular flexibility index (Phi) is 4.14. The lowest BCUT2D eigenvalue weighted by Crippen LogP contribution is -2.56. The Labute approximate surface area is 92.8 Å². The second-order valence-corrected chi connectivity index (χ2v) is 5.46. The van der Waals surface area contributed by atoms with Crippen LogP contribution in [-0.2, 0) is 4.79 Å². The van der Waals surface area contributed by atoms with Gasteiger partial charge in [0, 0.05) is 6.54 Å². The zero-order valence-electron chi connectivity index (χ0n) is 10.2. The summed E-state index contributed by atoms with van der Waals surface area (Å²) in [6, 6.07) is 0. The van der Waals surface area contributed by atoms with Crippen LogP contribution in [0.1, 0.15) is 46.5 Å². The van der Waals surface area contributed by atoms with E-state index in [9.17, 15) is 4.79 Å². The molecule has 2 unspecified atom stereocenters. The molecular formula is C12H24N2O. The zero-order valence-corrected chi connectivity index (χ0v) is 10.2. The van der Waals surface area contributed by atoms with Crippen molar-refractivity contribution >= 4 is 5.91 Å². The van der Waals surface area contributed by atoms with Gasteiger partial charge in [0.15, 0.2) is 0 Å². The molecule has 3 nitrogen and oxygen atoms in total. The number of carbonyl (C=O) groups excluding carboxylic acids is 1. The maximum absolute atomic E-state index is 11.9. The maximum atomic E-state index is 11.9. The largest absolute Gasteiger partial charge is 0.354 e. The average Bonchev–Trinajstić information content (AvgIpc) is 2.13. The lowest BCUT2D eigenvalue weighted by atomic mass is 9.76. The first-order chi connectivity index (χ1) is 6.94. The van der Waals surface area contributed by atoms with Crippen LogP contribution in [0.3, 0.4) is 0 Å². The Bertz CT molecular complexity index is 228. The maximum Gasteiger partial charge on any atom is 0.240 e. The number of nitrogens with one attached hydrogen (secondary N) is 1. The molecule has 1 rings (SSSR count). The molecule has 2 atom stereocenters. The van der Waals surface area contributed by atoms with Crippen LogP contribution in [0.15, 0.2) is 0 Å². The highest BCUT2D eigenvalue weighted by Crippen LogP contribution is 2.30. The van der Waals surface area contributed by atoms with Crippen LogP contribution in [0, 0.1) is 11.8 Å². The van der Waals surface area contributed by atoms with E-state index in [1.165, 1.54) is 6.42 Å². The van der Waals surface area contributed by atoms with E-state index in [-0.39, 0.29) is 5.91 Å². The number of hydrogen-bond acceptors (Lipinski definition) is 2. The minimum absolute atomic E-state index is 0.0442. The van der Waals surface area contributed by atoms with Gasteiger partial charge in [0.05, 0.1) is 5.54 Å². The number of amides is 1. The summed E-state index contributed by atoms with van der Waals surface area (Å²) in [6.07, 6.45) is 3.95. The van der Waals surface area contributed by atoms with Gasteiger partial charge >= 0.3 is 0 Å². The van der Waals surface area contributed by atoms with E-state index in [1.807, 2.05) is 0 Å². The van der Waals surface area contributed by atoms with Crippen molar-refractivity contribution in [2.75, 3.05) is 6.54 Å². The van der Waals surface area contributed by atoms with Gasteiger partial charge < -0.3 is 11.1 Å². The lowest BCUT2D eigenvalue weighted by molar-refractivity contribution is -0.128. The van der Waals surface area contributed by atoms with Crippen molar-refractivity contribution in [2.45, 2.75) is 52.0 Å². The third-order valence-electron chi connectivity index (χ3n) is 3.16. The monoisotopic (exact) mass is 212 g/mol. The molecule has 0 aromatic rings. The Balaban J connectivity index is 2.48. The number of hydrogen-bond donors (Lipinski definition) is 2. The molecule has 0 aromatic carbocycles. The molecule has 0 heterocycles. The smallest absolute Gasteiger partial charge is 0.240 e. The lowest BCUT2D eigenvalue weighted by Gasteiger charge is -2.35. The molecule has 15 heavy (non-hydrogen) atoms. The Morgan fingerprint density at radius 3 is 2.80 bits per heavy atom. The summed E-state index contributed by atoms with van der Waals surface area (Å²) < 4.78 is 0. The van der Waals surface area contributed by atoms with Crippen LogP contribution >= 0.6 is 0 Å². The summed E-state index contributed by atoms with van der Waals surface area (Å²) >= 11 is 0. The van der Waals surface area contributed by atoms with Gasteiger partial charge in [-0.15, -0.1) is 0 Å². The summed E-state index contributed by atoms with van der Waals surface area (Å²) in [6.45, 7) is 7.09. The van der Waals surface area contributed by atoms with E-state index < -0.39 is 5.54 Å². The predicted octanol–water partition coefficient (Wildman–Crippen LogP) is 1.67. The van der Waals surface area contributed by atoms with Gasteiger partial charge in [0.25, 0.3) is 0 Å². The molecule has 3 N–H and O–H groups in total. The van der Waals surface area contributed by atoms with Gasteiger partial charge in [0.2, 0.25) is 5.91 Å². The van der Waals surface area contributed by atoms with Crippen molar-refractivity contribution in [1.82, 2.24) is 5.32 Å². The molecule has 1 amide bonds. The van der Waals surface area contributed by atoms with E-state index in [0.717, 1.165) is 25.8 Å². The molecule has 88 valence electrons. The molecular weight excluding hydrogens is 188 g/mol. The highest BCUT2D eigenvalue weighted by Gasteiger charge is 2.37. The molecule has 0 aliphatic heterocycles. The topological polar surface area (TPSA) is 55.1 Å². The second kappa shape index (κ2) is 4.97. The van der Waals surface area contributed by atoms with Crippen molar-refractivity contribution in [3.8, 4) is 0 Å². The summed E-state index contributed by atoms with van der Waals surface area (Å²) in [5.74, 6) is 1.11. The standard InChI is InChI=1S/C12H24N2O/c1-9(2)8-14-11(15)12(13)6-4-5-10(3)7-12/h9-10H,4-8,13H2,1-3H3,(H,14,15). The Hall–Kier alpha value is -0.570. The van der Waals surface area contributed by atoms with Gasteiger partial charge in [-0.3, -0.25) is 4.79 Å². The van der Waals surface area contributed by atoms with E-state index in [0.29, 0.717) is 11.8 Å². The quantitative estimate of drug-likeness (QED) is 0.747. The average molecular weight is 212 g/mol. The first-order valence-electron chi connectivity index (χ1n) is 6.01. The number of nitrogens with two attached hydrogens (primary N) is 1. The van der Waals surface area contributed by atoms with E-state index >= 15 is 0 Å². The van der Waals surface area contributed by atoms with Crippen molar-refractivity contribution in [3.63, 3.8) is 0 Å². The number of rotatable bonds is 3. The molecule has 1 saturated carbocycles. The molecule has 3 heteroatoms. The summed E-state index contributed by atoms with van der Waals surface area (Å²) in [7, 11) is 0. The summed E-state index contributed by atoms with van der Waals surface area (Å²) in [5.41, 5.74) is 5.56. The highest BCUT2D eigenvalue weighted by molar-refractivity contribution is 5.86. The summed E-state index contributed by atoms with van der Waals surface area (Å²) in [5, 5.41) is 2.95. The fourth-order valence-electron chi connectivity index (χ4n) is 2.27. The van der Waals surface area contributed by atoms with Gasteiger partial charge in [-0.1, -0.05) is 33.6 Å². The molecule has 0 bridgehead atoms. The van der Waals surface area contributed by atoms with E-state index in [1.54, 1.807) is 0 Å².